The van der Waals surface area contributed by atoms with Crippen LogP contribution >= 0.6 is 12.6 Å². The minimum absolute atomic E-state index is 0.529. The molecule has 0 aliphatic carbocycles. The first kappa shape index (κ1) is 13.3. The zero-order valence-electron chi connectivity index (χ0n) is 9.12. The van der Waals surface area contributed by atoms with Crippen molar-refractivity contribution in [2.45, 2.75) is 32.2 Å². The monoisotopic (exact) mass is 205 g/mol. The van der Waals surface area contributed by atoms with Crippen LogP contribution in [0.4, 0.5) is 0 Å². The highest BCUT2D eigenvalue weighted by Gasteiger charge is 2.07. The molecular weight excluding hydrogens is 182 g/mol. The molecule has 0 aliphatic heterocycles. The Morgan fingerprint density at radius 2 is 2.00 bits per heavy atom. The van der Waals surface area contributed by atoms with Gasteiger partial charge in [-0.05, 0) is 39.1 Å². The second-order valence-corrected chi connectivity index (χ2v) is 4.02. The third kappa shape index (κ3) is 7.35. The van der Waals surface area contributed by atoms with E-state index in [4.69, 9.17) is 4.74 Å². The van der Waals surface area contributed by atoms with Gasteiger partial charge in [-0.3, -0.25) is 0 Å². The number of rotatable bonds is 8. The molecule has 2 nitrogen and oxygen atoms in total. The smallest absolute Gasteiger partial charge is 0.0615 e. The number of ether oxygens (including phenoxy) is 1. The van der Waals surface area contributed by atoms with E-state index in [9.17, 15) is 0 Å². The average Bonchev–Trinajstić information content (AvgIpc) is 2.12. The lowest BCUT2D eigenvalue weighted by Gasteiger charge is -2.23. The molecule has 0 N–H and O–H groups in total. The lowest BCUT2D eigenvalue weighted by molar-refractivity contribution is 0.114. The molecular formula is C10H23NOS. The van der Waals surface area contributed by atoms with Crippen LogP contribution in [0.25, 0.3) is 0 Å². The van der Waals surface area contributed by atoms with Gasteiger partial charge in [0, 0.05) is 13.2 Å². The van der Waals surface area contributed by atoms with E-state index in [0.29, 0.717) is 6.04 Å². The van der Waals surface area contributed by atoms with Crippen molar-refractivity contribution >= 4 is 12.6 Å². The molecule has 13 heavy (non-hydrogen) atoms. The maximum absolute atomic E-state index is 5.10. The highest BCUT2D eigenvalue weighted by Crippen LogP contribution is 2.02. The van der Waals surface area contributed by atoms with Crippen molar-refractivity contribution in [3.05, 3.63) is 0 Å². The normalized spacial score (nSPS) is 13.6. The summed E-state index contributed by atoms with van der Waals surface area (Å²) in [7, 11) is 3.91. The van der Waals surface area contributed by atoms with Crippen molar-refractivity contribution in [2.24, 2.45) is 0 Å². The first-order valence-electron chi connectivity index (χ1n) is 5.02. The van der Waals surface area contributed by atoms with Crippen LogP contribution in [-0.4, -0.2) is 44.0 Å². The molecule has 0 spiro atoms. The summed E-state index contributed by atoms with van der Waals surface area (Å²) < 4.78 is 5.10. The average molecular weight is 205 g/mol. The van der Waals surface area contributed by atoms with Gasteiger partial charge < -0.3 is 9.64 Å². The van der Waals surface area contributed by atoms with Crippen LogP contribution in [0, 0.1) is 0 Å². The molecule has 1 atom stereocenters. The van der Waals surface area contributed by atoms with Crippen LogP contribution in [0.5, 0.6) is 0 Å². The summed E-state index contributed by atoms with van der Waals surface area (Å²) in [4.78, 5) is 2.35. The summed E-state index contributed by atoms with van der Waals surface area (Å²) in [6.45, 7) is 4.18. The van der Waals surface area contributed by atoms with Gasteiger partial charge in [0.05, 0.1) is 6.61 Å². The number of likely N-dealkylation sites (N-methyl/N-ethyl adjacent to an activating group) is 1. The summed E-state index contributed by atoms with van der Waals surface area (Å²) in [6.07, 6.45) is 3.79. The number of thiol groups is 1. The maximum Gasteiger partial charge on any atom is 0.0615 e. The molecule has 0 radical (unpaired) electrons. The lowest BCUT2D eigenvalue weighted by atomic mass is 10.2. The number of hydrogen-bond acceptors (Lipinski definition) is 3. The molecule has 0 amide bonds. The standard InChI is InChI=1S/C10H23NOS/c1-10(9-12-3)11(2)7-5-4-6-8-13/h10,13H,4-9H2,1-3H3. The van der Waals surface area contributed by atoms with Crippen molar-refractivity contribution < 1.29 is 4.74 Å². The molecule has 0 aromatic carbocycles. The van der Waals surface area contributed by atoms with Gasteiger partial charge >= 0.3 is 0 Å². The van der Waals surface area contributed by atoms with Gasteiger partial charge in [0.2, 0.25) is 0 Å². The number of unbranched alkanes of at least 4 members (excludes halogenated alkanes) is 2. The Hall–Kier alpha value is 0.270. The van der Waals surface area contributed by atoms with Crippen molar-refractivity contribution in [2.75, 3.05) is 33.1 Å². The van der Waals surface area contributed by atoms with Crippen molar-refractivity contribution in [3.8, 4) is 0 Å². The SMILES string of the molecule is COCC(C)N(C)CCCCCS. The van der Waals surface area contributed by atoms with Crippen LogP contribution in [0.2, 0.25) is 0 Å². The fourth-order valence-electron chi connectivity index (χ4n) is 1.24. The van der Waals surface area contributed by atoms with E-state index in [2.05, 4.69) is 31.5 Å². The predicted octanol–water partition coefficient (Wildman–Crippen LogP) is 2.05. The molecule has 0 aliphatic rings. The summed E-state index contributed by atoms with van der Waals surface area (Å²) >= 11 is 4.19. The van der Waals surface area contributed by atoms with E-state index in [-0.39, 0.29) is 0 Å². The fourth-order valence-corrected chi connectivity index (χ4v) is 1.46. The van der Waals surface area contributed by atoms with Gasteiger partial charge in [0.25, 0.3) is 0 Å². The highest BCUT2D eigenvalue weighted by molar-refractivity contribution is 7.80. The third-order valence-corrected chi connectivity index (χ3v) is 2.65. The quantitative estimate of drug-likeness (QED) is 0.481. The van der Waals surface area contributed by atoms with Gasteiger partial charge in [-0.25, -0.2) is 0 Å². The molecule has 0 aromatic rings. The van der Waals surface area contributed by atoms with E-state index >= 15 is 0 Å². The van der Waals surface area contributed by atoms with Crippen LogP contribution in [0.3, 0.4) is 0 Å². The second-order valence-electron chi connectivity index (χ2n) is 3.57. The molecule has 0 saturated carbocycles. The second kappa shape index (κ2) is 8.85. The van der Waals surface area contributed by atoms with E-state index in [1.807, 2.05) is 0 Å². The van der Waals surface area contributed by atoms with Gasteiger partial charge in [0.15, 0.2) is 0 Å². The number of methoxy groups -OCH3 is 1. The van der Waals surface area contributed by atoms with Crippen LogP contribution < -0.4 is 0 Å². The van der Waals surface area contributed by atoms with Gasteiger partial charge in [-0.2, -0.15) is 12.6 Å². The highest BCUT2D eigenvalue weighted by atomic mass is 32.1. The topological polar surface area (TPSA) is 12.5 Å². The van der Waals surface area contributed by atoms with Crippen LogP contribution in [-0.2, 0) is 4.74 Å². The molecule has 3 heteroatoms. The summed E-state index contributed by atoms with van der Waals surface area (Å²) in [5.74, 6) is 1.01. The van der Waals surface area contributed by atoms with Gasteiger partial charge in [-0.1, -0.05) is 6.42 Å². The van der Waals surface area contributed by atoms with E-state index in [1.54, 1.807) is 7.11 Å². The zero-order chi connectivity index (χ0) is 10.1. The van der Waals surface area contributed by atoms with Gasteiger partial charge in [0.1, 0.15) is 0 Å². The Kier molecular flexibility index (Phi) is 9.03. The minimum Gasteiger partial charge on any atom is -0.383 e. The summed E-state index contributed by atoms with van der Waals surface area (Å²) in [6, 6.07) is 0.529. The van der Waals surface area contributed by atoms with E-state index in [1.165, 1.54) is 19.3 Å². The Balaban J connectivity index is 3.32. The Morgan fingerprint density at radius 3 is 2.54 bits per heavy atom. The van der Waals surface area contributed by atoms with Crippen molar-refractivity contribution in [3.63, 3.8) is 0 Å². The third-order valence-electron chi connectivity index (χ3n) is 2.33. The molecule has 0 aromatic heterocycles. The molecule has 0 fully saturated rings. The van der Waals surface area contributed by atoms with Crippen LogP contribution in [0.1, 0.15) is 26.2 Å². The Bertz CT molecular complexity index is 111. The fraction of sp³-hybridized carbons (Fsp3) is 1.00. The summed E-state index contributed by atoms with van der Waals surface area (Å²) in [5.41, 5.74) is 0. The first-order valence-corrected chi connectivity index (χ1v) is 5.65. The molecule has 0 saturated heterocycles. The Morgan fingerprint density at radius 1 is 1.31 bits per heavy atom. The molecule has 0 heterocycles. The van der Waals surface area contributed by atoms with E-state index in [0.717, 1.165) is 18.9 Å². The zero-order valence-corrected chi connectivity index (χ0v) is 10.0. The van der Waals surface area contributed by atoms with Crippen molar-refractivity contribution in [1.82, 2.24) is 4.90 Å². The number of nitrogens with zero attached hydrogens (tertiary/aromatic N) is 1. The predicted molar refractivity (Wildman–Crippen MR) is 61.7 cm³/mol. The number of hydrogen-bond donors (Lipinski definition) is 1. The lowest BCUT2D eigenvalue weighted by Crippen LogP contribution is -2.33. The molecule has 80 valence electrons. The van der Waals surface area contributed by atoms with E-state index < -0.39 is 0 Å². The first-order chi connectivity index (χ1) is 6.22. The minimum atomic E-state index is 0.529. The molecule has 0 rings (SSSR count). The molecule has 1 unspecified atom stereocenters. The molecule has 0 bridgehead atoms. The summed E-state index contributed by atoms with van der Waals surface area (Å²) in [5, 5.41) is 0. The largest absolute Gasteiger partial charge is 0.383 e. The van der Waals surface area contributed by atoms with Crippen LogP contribution in [0.15, 0.2) is 0 Å². The van der Waals surface area contributed by atoms with Gasteiger partial charge in [-0.15, -0.1) is 0 Å². The van der Waals surface area contributed by atoms with Crippen molar-refractivity contribution in [1.29, 1.82) is 0 Å². The maximum atomic E-state index is 5.10. The Labute approximate surface area is 88.1 Å².